The first kappa shape index (κ1) is 31.1. The zero-order chi connectivity index (χ0) is 2.71. The largest absolute Gasteiger partial charge is 0.344 e. The van der Waals surface area contributed by atoms with Crippen LogP contribution >= 0.6 is 24.8 Å². The van der Waals surface area contributed by atoms with Crippen LogP contribution in [0.2, 0.25) is 0 Å². The van der Waals surface area contributed by atoms with Crippen molar-refractivity contribution in [2.75, 3.05) is 0 Å². The molecule has 0 spiro atoms. The summed E-state index contributed by atoms with van der Waals surface area (Å²) in [5.74, 6) is 0. The van der Waals surface area contributed by atoms with Gasteiger partial charge >= 0.3 is 0 Å². The van der Waals surface area contributed by atoms with E-state index in [4.69, 9.17) is 0 Å². The van der Waals surface area contributed by atoms with Gasteiger partial charge in [0.05, 0.1) is 0 Å². The molecule has 0 radical (unpaired) electrons. The van der Waals surface area contributed by atoms with Crippen molar-refractivity contribution in [1.29, 1.82) is 0 Å². The van der Waals surface area contributed by atoms with Gasteiger partial charge in [-0.25, -0.2) is 0 Å². The van der Waals surface area contributed by atoms with Gasteiger partial charge in [0, 0.05) is 0 Å². The van der Waals surface area contributed by atoms with Crippen LogP contribution in [0.4, 0.5) is 0 Å². The van der Waals surface area contributed by atoms with E-state index in [-0.39, 0.29) is 31.0 Å². The lowest BCUT2D eigenvalue weighted by Gasteiger charge is -1.48. The van der Waals surface area contributed by atoms with E-state index < -0.39 is 0 Å². The summed E-state index contributed by atoms with van der Waals surface area (Å²) < 4.78 is 0. The normalized spacial score (nSPS) is 3.00. The molecule has 6 heavy (non-hydrogen) atoms. The molecule has 0 aromatic carbocycles. The maximum absolute atomic E-state index is 2.12. The highest BCUT2D eigenvalue weighted by Crippen LogP contribution is 1.56. The zero-order valence-electron chi connectivity index (χ0n) is 4.23. The highest BCUT2D eigenvalue weighted by Gasteiger charge is 1.35. The standard InChI is InChI=1S/C3H8.2ClH.H3N/c1-3-2;;;/h3H2,1-2H3;2*1H;1H3. The highest BCUT2D eigenvalue weighted by molar-refractivity contribution is 5.85. The summed E-state index contributed by atoms with van der Waals surface area (Å²) in [7, 11) is 0. The summed E-state index contributed by atoms with van der Waals surface area (Å²) in [4.78, 5) is 0. The van der Waals surface area contributed by atoms with Gasteiger partial charge in [-0.1, -0.05) is 20.3 Å². The van der Waals surface area contributed by atoms with E-state index >= 15 is 0 Å². The molecule has 0 heterocycles. The van der Waals surface area contributed by atoms with E-state index in [2.05, 4.69) is 13.8 Å². The molecular formula is C3H13Cl2N. The second-order valence-corrected chi connectivity index (χ2v) is 0.707. The third-order valence-electron chi connectivity index (χ3n) is 0. The molecule has 0 unspecified atom stereocenters. The lowest BCUT2D eigenvalue weighted by molar-refractivity contribution is 1.09. The van der Waals surface area contributed by atoms with Gasteiger partial charge in [0.2, 0.25) is 0 Å². The molecular weight excluding hydrogens is 121 g/mol. The van der Waals surface area contributed by atoms with Gasteiger partial charge in [-0.05, 0) is 0 Å². The van der Waals surface area contributed by atoms with E-state index in [0.29, 0.717) is 0 Å². The molecule has 0 aliphatic rings. The second-order valence-electron chi connectivity index (χ2n) is 0.707. The molecule has 0 aromatic rings. The topological polar surface area (TPSA) is 35.0 Å². The third-order valence-corrected chi connectivity index (χ3v) is 0. The SMILES string of the molecule is CCC.Cl.Cl.N. The van der Waals surface area contributed by atoms with Crippen LogP contribution in [0.5, 0.6) is 0 Å². The Kier molecular flexibility index (Phi) is 250. The van der Waals surface area contributed by atoms with Gasteiger partial charge in [0.15, 0.2) is 0 Å². The molecule has 0 atom stereocenters. The van der Waals surface area contributed by atoms with Gasteiger partial charge < -0.3 is 6.15 Å². The average Bonchev–Trinajstić information content (AvgIpc) is 0.918. The van der Waals surface area contributed by atoms with E-state index in [1.165, 1.54) is 6.42 Å². The van der Waals surface area contributed by atoms with E-state index in [9.17, 15) is 0 Å². The Bertz CT molecular complexity index is 8.75. The van der Waals surface area contributed by atoms with Gasteiger partial charge in [-0.15, -0.1) is 24.8 Å². The maximum atomic E-state index is 2.12. The van der Waals surface area contributed by atoms with Crippen molar-refractivity contribution < 1.29 is 0 Å². The van der Waals surface area contributed by atoms with Gasteiger partial charge in [0.1, 0.15) is 0 Å². The lowest BCUT2D eigenvalue weighted by atomic mass is 10.6. The van der Waals surface area contributed by atoms with Crippen molar-refractivity contribution in [2.24, 2.45) is 0 Å². The molecule has 44 valence electrons. The van der Waals surface area contributed by atoms with E-state index in [1.54, 1.807) is 0 Å². The van der Waals surface area contributed by atoms with Crippen molar-refractivity contribution in [1.82, 2.24) is 6.15 Å². The van der Waals surface area contributed by atoms with Crippen LogP contribution in [-0.4, -0.2) is 0 Å². The van der Waals surface area contributed by atoms with Gasteiger partial charge in [-0.2, -0.15) is 0 Å². The Balaban J connectivity index is -0.00000000667. The zero-order valence-corrected chi connectivity index (χ0v) is 5.86. The molecule has 0 bridgehead atoms. The summed E-state index contributed by atoms with van der Waals surface area (Å²) >= 11 is 0. The van der Waals surface area contributed by atoms with Gasteiger partial charge in [0.25, 0.3) is 0 Å². The third kappa shape index (κ3) is 195. The van der Waals surface area contributed by atoms with Crippen molar-refractivity contribution in [2.45, 2.75) is 20.3 Å². The molecule has 3 heteroatoms. The van der Waals surface area contributed by atoms with Crippen LogP contribution in [0.3, 0.4) is 0 Å². The molecule has 0 amide bonds. The highest BCUT2D eigenvalue weighted by atomic mass is 35.5. The van der Waals surface area contributed by atoms with Crippen LogP contribution in [0.15, 0.2) is 0 Å². The minimum atomic E-state index is 0. The molecule has 1 nitrogen and oxygen atoms in total. The molecule has 0 saturated heterocycles. The molecule has 0 saturated carbocycles. The number of rotatable bonds is 0. The average molecular weight is 134 g/mol. The summed E-state index contributed by atoms with van der Waals surface area (Å²) in [6, 6.07) is 0. The quantitative estimate of drug-likeness (QED) is 0.542. The van der Waals surface area contributed by atoms with Crippen molar-refractivity contribution in [3.8, 4) is 0 Å². The Morgan fingerprint density at radius 3 is 1.00 bits per heavy atom. The first-order valence-electron chi connectivity index (χ1n) is 1.41. The summed E-state index contributed by atoms with van der Waals surface area (Å²) in [5, 5.41) is 0. The van der Waals surface area contributed by atoms with Crippen LogP contribution in [0.25, 0.3) is 0 Å². The fourth-order valence-electron chi connectivity index (χ4n) is 0. The van der Waals surface area contributed by atoms with Crippen molar-refractivity contribution >= 4 is 24.8 Å². The summed E-state index contributed by atoms with van der Waals surface area (Å²) in [6.07, 6.45) is 1.25. The number of hydrogen-bond donors (Lipinski definition) is 1. The minimum Gasteiger partial charge on any atom is -0.344 e. The smallest absolute Gasteiger partial charge is 0.0590 e. The van der Waals surface area contributed by atoms with Crippen molar-refractivity contribution in [3.63, 3.8) is 0 Å². The fourth-order valence-corrected chi connectivity index (χ4v) is 0. The molecule has 3 N–H and O–H groups in total. The van der Waals surface area contributed by atoms with E-state index in [1.807, 2.05) is 0 Å². The number of hydrogen-bond acceptors (Lipinski definition) is 1. The van der Waals surface area contributed by atoms with Crippen LogP contribution in [0.1, 0.15) is 20.3 Å². The van der Waals surface area contributed by atoms with Crippen molar-refractivity contribution in [3.05, 3.63) is 0 Å². The van der Waals surface area contributed by atoms with Crippen LogP contribution < -0.4 is 6.15 Å². The summed E-state index contributed by atoms with van der Waals surface area (Å²) in [5.41, 5.74) is 0. The van der Waals surface area contributed by atoms with Crippen LogP contribution in [0, 0.1) is 0 Å². The Morgan fingerprint density at radius 1 is 1.00 bits per heavy atom. The molecule has 0 aliphatic heterocycles. The Morgan fingerprint density at radius 2 is 1.00 bits per heavy atom. The van der Waals surface area contributed by atoms with Gasteiger partial charge in [-0.3, -0.25) is 0 Å². The molecule has 0 rings (SSSR count). The predicted octanol–water partition coefficient (Wildman–Crippen LogP) is 2.42. The predicted molar refractivity (Wildman–Crippen MR) is 35.5 cm³/mol. The van der Waals surface area contributed by atoms with E-state index in [0.717, 1.165) is 0 Å². The molecule has 0 aromatic heterocycles. The molecule has 0 fully saturated rings. The Hall–Kier alpha value is 0.540. The monoisotopic (exact) mass is 133 g/mol. The molecule has 0 aliphatic carbocycles. The lowest BCUT2D eigenvalue weighted by Crippen LogP contribution is -1.27. The minimum absolute atomic E-state index is 0. The first-order chi connectivity index (χ1) is 1.41. The fraction of sp³-hybridized carbons (Fsp3) is 1.00. The van der Waals surface area contributed by atoms with Crippen LogP contribution in [-0.2, 0) is 0 Å². The Labute approximate surface area is 51.9 Å². The first-order valence-corrected chi connectivity index (χ1v) is 1.41. The summed E-state index contributed by atoms with van der Waals surface area (Å²) in [6.45, 7) is 4.25. The maximum Gasteiger partial charge on any atom is -0.0590 e. The number of halogens is 2. The second kappa shape index (κ2) is 48.1.